The Labute approximate surface area is 133 Å². The molecule has 6 heteroatoms. The van der Waals surface area contributed by atoms with Gasteiger partial charge in [-0.3, -0.25) is 4.79 Å². The molecule has 5 nitrogen and oxygen atoms in total. The summed E-state index contributed by atoms with van der Waals surface area (Å²) >= 11 is 5.82. The highest BCUT2D eigenvalue weighted by atomic mass is 35.5. The number of phenolic OH excluding ortho intramolecular Hbond substituents is 1. The summed E-state index contributed by atoms with van der Waals surface area (Å²) in [6, 6.07) is 11.3. The molecule has 0 aromatic heterocycles. The summed E-state index contributed by atoms with van der Waals surface area (Å²) in [4.78, 5) is 11.9. The van der Waals surface area contributed by atoms with Gasteiger partial charge in [-0.2, -0.15) is 5.10 Å². The topological polar surface area (TPSA) is 70.9 Å². The summed E-state index contributed by atoms with van der Waals surface area (Å²) in [6.45, 7) is 2.46. The molecule has 2 aromatic rings. The summed E-state index contributed by atoms with van der Waals surface area (Å²) in [7, 11) is 0. The van der Waals surface area contributed by atoms with E-state index in [9.17, 15) is 9.90 Å². The maximum Gasteiger partial charge on any atom is 0.271 e. The van der Waals surface area contributed by atoms with Crippen LogP contribution in [0.5, 0.6) is 11.5 Å². The lowest BCUT2D eigenvalue weighted by Crippen LogP contribution is -2.17. The average molecular weight is 319 g/mol. The number of benzene rings is 2. The largest absolute Gasteiger partial charge is 0.507 e. The van der Waals surface area contributed by atoms with Crippen LogP contribution in [0.2, 0.25) is 5.02 Å². The molecule has 0 atom stereocenters. The van der Waals surface area contributed by atoms with Crippen LogP contribution in [0, 0.1) is 0 Å². The molecule has 0 radical (unpaired) electrons. The first kappa shape index (κ1) is 15.9. The molecule has 114 valence electrons. The van der Waals surface area contributed by atoms with Crippen LogP contribution < -0.4 is 10.2 Å². The normalized spacial score (nSPS) is 10.6. The molecule has 0 aliphatic carbocycles. The van der Waals surface area contributed by atoms with Gasteiger partial charge in [0.2, 0.25) is 0 Å². The number of ether oxygens (including phenoxy) is 1. The van der Waals surface area contributed by atoms with E-state index >= 15 is 0 Å². The highest BCUT2D eigenvalue weighted by Gasteiger charge is 2.04. The van der Waals surface area contributed by atoms with Crippen LogP contribution in [0.3, 0.4) is 0 Å². The Hall–Kier alpha value is -2.53. The molecule has 0 spiro atoms. The second-order valence-corrected chi connectivity index (χ2v) is 4.80. The molecule has 0 bridgehead atoms. The van der Waals surface area contributed by atoms with Gasteiger partial charge in [0, 0.05) is 16.1 Å². The monoisotopic (exact) mass is 318 g/mol. The fraction of sp³-hybridized carbons (Fsp3) is 0.125. The minimum Gasteiger partial charge on any atom is -0.507 e. The molecule has 0 unspecified atom stereocenters. The predicted molar refractivity (Wildman–Crippen MR) is 85.8 cm³/mol. The first-order valence-electron chi connectivity index (χ1n) is 6.65. The minimum absolute atomic E-state index is 0.0310. The predicted octanol–water partition coefficient (Wildman–Crippen LogP) is 3.21. The van der Waals surface area contributed by atoms with E-state index < -0.39 is 0 Å². The summed E-state index contributed by atoms with van der Waals surface area (Å²) in [6.07, 6.45) is 1.33. The van der Waals surface area contributed by atoms with E-state index in [1.165, 1.54) is 12.3 Å². The van der Waals surface area contributed by atoms with Crippen LogP contribution in [-0.4, -0.2) is 23.8 Å². The van der Waals surface area contributed by atoms with E-state index in [0.29, 0.717) is 28.5 Å². The molecule has 0 heterocycles. The van der Waals surface area contributed by atoms with Crippen molar-refractivity contribution in [2.45, 2.75) is 6.92 Å². The van der Waals surface area contributed by atoms with Gasteiger partial charge in [-0.1, -0.05) is 11.6 Å². The quantitative estimate of drug-likeness (QED) is 0.657. The van der Waals surface area contributed by atoms with E-state index in [1.807, 2.05) is 6.92 Å². The Morgan fingerprint density at radius 2 is 2.05 bits per heavy atom. The average Bonchev–Trinajstić information content (AvgIpc) is 2.51. The number of carbonyl (C=O) groups excluding carboxylic acids is 1. The Bertz CT molecular complexity index is 684. The zero-order valence-corrected chi connectivity index (χ0v) is 12.7. The van der Waals surface area contributed by atoms with Crippen molar-refractivity contribution in [2.75, 3.05) is 6.61 Å². The number of phenols is 1. The molecule has 0 saturated heterocycles. The van der Waals surface area contributed by atoms with E-state index in [2.05, 4.69) is 10.5 Å². The number of hydrazone groups is 1. The van der Waals surface area contributed by atoms with Crippen molar-refractivity contribution >= 4 is 23.7 Å². The lowest BCUT2D eigenvalue weighted by molar-refractivity contribution is 0.0955. The fourth-order valence-electron chi connectivity index (χ4n) is 1.72. The summed E-state index contributed by atoms with van der Waals surface area (Å²) in [5.74, 6) is 0.371. The smallest absolute Gasteiger partial charge is 0.271 e. The fourth-order valence-corrected chi connectivity index (χ4v) is 1.90. The lowest BCUT2D eigenvalue weighted by Gasteiger charge is -2.04. The highest BCUT2D eigenvalue weighted by molar-refractivity contribution is 6.30. The van der Waals surface area contributed by atoms with E-state index in [4.69, 9.17) is 16.3 Å². The van der Waals surface area contributed by atoms with Gasteiger partial charge in [0.1, 0.15) is 11.5 Å². The molecular formula is C16H15ClN2O3. The Balaban J connectivity index is 2.00. The summed E-state index contributed by atoms with van der Waals surface area (Å²) in [5, 5.41) is 13.9. The van der Waals surface area contributed by atoms with Crippen LogP contribution in [0.4, 0.5) is 0 Å². The number of rotatable bonds is 5. The number of nitrogens with one attached hydrogen (secondary N) is 1. The number of halogens is 1. The van der Waals surface area contributed by atoms with Crippen molar-refractivity contribution in [1.82, 2.24) is 5.43 Å². The molecule has 0 saturated carbocycles. The van der Waals surface area contributed by atoms with Gasteiger partial charge < -0.3 is 9.84 Å². The Morgan fingerprint density at radius 1 is 1.32 bits per heavy atom. The summed E-state index contributed by atoms with van der Waals surface area (Å²) < 4.78 is 5.30. The molecule has 1 amide bonds. The highest BCUT2D eigenvalue weighted by Crippen LogP contribution is 2.19. The molecule has 2 rings (SSSR count). The van der Waals surface area contributed by atoms with Crippen LogP contribution in [-0.2, 0) is 0 Å². The number of hydrogen-bond acceptors (Lipinski definition) is 4. The van der Waals surface area contributed by atoms with Gasteiger partial charge in [-0.05, 0) is 49.4 Å². The van der Waals surface area contributed by atoms with Crippen molar-refractivity contribution in [3.05, 3.63) is 58.6 Å². The number of nitrogens with zero attached hydrogens (tertiary/aromatic N) is 1. The van der Waals surface area contributed by atoms with E-state index in [-0.39, 0.29) is 11.7 Å². The minimum atomic E-state index is -0.360. The van der Waals surface area contributed by atoms with E-state index in [1.54, 1.807) is 36.4 Å². The maximum absolute atomic E-state index is 11.9. The van der Waals surface area contributed by atoms with Gasteiger partial charge in [-0.25, -0.2) is 5.43 Å². The number of aromatic hydroxyl groups is 1. The van der Waals surface area contributed by atoms with Gasteiger partial charge in [0.05, 0.1) is 12.8 Å². The summed E-state index contributed by atoms with van der Waals surface area (Å²) in [5.41, 5.74) is 3.25. The van der Waals surface area contributed by atoms with Crippen LogP contribution in [0.25, 0.3) is 0 Å². The molecule has 0 aliphatic heterocycles. The van der Waals surface area contributed by atoms with Crippen molar-refractivity contribution in [3.8, 4) is 11.5 Å². The first-order valence-corrected chi connectivity index (χ1v) is 7.02. The zero-order chi connectivity index (χ0) is 15.9. The SMILES string of the molecule is CCOc1ccc(C(=O)N/N=C\c2cc(Cl)ccc2O)cc1. The third-order valence-corrected chi connectivity index (χ3v) is 3.02. The van der Waals surface area contributed by atoms with Crippen molar-refractivity contribution < 1.29 is 14.6 Å². The first-order chi connectivity index (χ1) is 10.6. The maximum atomic E-state index is 11.9. The van der Waals surface area contributed by atoms with Gasteiger partial charge in [0.25, 0.3) is 5.91 Å². The number of amides is 1. The Morgan fingerprint density at radius 3 is 2.73 bits per heavy atom. The standard InChI is InChI=1S/C16H15ClN2O3/c1-2-22-14-6-3-11(4-7-14)16(21)19-18-10-12-9-13(17)5-8-15(12)20/h3-10,20H,2H2,1H3,(H,19,21)/b18-10-. The molecule has 2 aromatic carbocycles. The molecular weight excluding hydrogens is 304 g/mol. The Kier molecular flexibility index (Phi) is 5.38. The van der Waals surface area contributed by atoms with Crippen molar-refractivity contribution in [3.63, 3.8) is 0 Å². The second kappa shape index (κ2) is 7.47. The number of hydrogen-bond donors (Lipinski definition) is 2. The third-order valence-electron chi connectivity index (χ3n) is 2.79. The van der Waals surface area contributed by atoms with Gasteiger partial charge in [-0.15, -0.1) is 0 Å². The van der Waals surface area contributed by atoms with Crippen molar-refractivity contribution in [1.29, 1.82) is 0 Å². The van der Waals surface area contributed by atoms with Gasteiger partial charge in [0.15, 0.2) is 0 Å². The third kappa shape index (κ3) is 4.23. The van der Waals surface area contributed by atoms with Crippen LogP contribution >= 0.6 is 11.6 Å². The van der Waals surface area contributed by atoms with Gasteiger partial charge >= 0.3 is 0 Å². The molecule has 22 heavy (non-hydrogen) atoms. The van der Waals surface area contributed by atoms with Crippen molar-refractivity contribution in [2.24, 2.45) is 5.10 Å². The molecule has 0 aliphatic rings. The lowest BCUT2D eigenvalue weighted by atomic mass is 10.2. The number of carbonyl (C=O) groups is 1. The van der Waals surface area contributed by atoms with Crippen LogP contribution in [0.15, 0.2) is 47.6 Å². The zero-order valence-electron chi connectivity index (χ0n) is 11.9. The van der Waals surface area contributed by atoms with E-state index in [0.717, 1.165) is 0 Å². The molecule has 2 N–H and O–H groups in total. The molecule has 0 fully saturated rings. The second-order valence-electron chi connectivity index (χ2n) is 4.36. The van der Waals surface area contributed by atoms with Crippen LogP contribution in [0.1, 0.15) is 22.8 Å².